The zero-order valence-electron chi connectivity index (χ0n) is 11.2. The molecule has 0 fully saturated rings. The SMILES string of the molecule is C=CCN(CC)c1cc(C)ncc1CNCC. The van der Waals surface area contributed by atoms with Gasteiger partial charge in [-0.2, -0.15) is 0 Å². The van der Waals surface area contributed by atoms with E-state index in [1.807, 2.05) is 19.2 Å². The van der Waals surface area contributed by atoms with Gasteiger partial charge in [0.25, 0.3) is 0 Å². The van der Waals surface area contributed by atoms with Crippen LogP contribution in [0.25, 0.3) is 0 Å². The van der Waals surface area contributed by atoms with E-state index in [1.165, 1.54) is 11.3 Å². The summed E-state index contributed by atoms with van der Waals surface area (Å²) in [5.41, 5.74) is 3.57. The van der Waals surface area contributed by atoms with E-state index in [4.69, 9.17) is 0 Å². The van der Waals surface area contributed by atoms with Crippen molar-refractivity contribution in [3.63, 3.8) is 0 Å². The topological polar surface area (TPSA) is 28.2 Å². The third-order valence-corrected chi connectivity index (χ3v) is 2.74. The fraction of sp³-hybridized carbons (Fsp3) is 0.500. The Labute approximate surface area is 105 Å². The van der Waals surface area contributed by atoms with Crippen LogP contribution in [0.2, 0.25) is 0 Å². The monoisotopic (exact) mass is 233 g/mol. The first-order chi connectivity index (χ1) is 8.22. The average Bonchev–Trinajstić information content (AvgIpc) is 2.34. The van der Waals surface area contributed by atoms with Crippen molar-refractivity contribution in [3.8, 4) is 0 Å². The lowest BCUT2D eigenvalue weighted by atomic mass is 10.2. The van der Waals surface area contributed by atoms with E-state index in [9.17, 15) is 0 Å². The van der Waals surface area contributed by atoms with E-state index in [0.717, 1.165) is 31.9 Å². The van der Waals surface area contributed by atoms with Gasteiger partial charge in [-0.1, -0.05) is 13.0 Å². The summed E-state index contributed by atoms with van der Waals surface area (Å²) in [5.74, 6) is 0. The van der Waals surface area contributed by atoms with Gasteiger partial charge >= 0.3 is 0 Å². The standard InChI is InChI=1S/C14H23N3/c1-5-8-17(7-3)14-9-12(4)16-11-13(14)10-15-6-2/h5,9,11,15H,1,6-8,10H2,2-4H3. The van der Waals surface area contributed by atoms with E-state index in [1.54, 1.807) is 0 Å². The molecular weight excluding hydrogens is 210 g/mol. The Morgan fingerprint density at radius 3 is 2.82 bits per heavy atom. The second kappa shape index (κ2) is 7.07. The Hall–Kier alpha value is -1.35. The Morgan fingerprint density at radius 1 is 1.47 bits per heavy atom. The van der Waals surface area contributed by atoms with Crippen LogP contribution in [0.3, 0.4) is 0 Å². The minimum absolute atomic E-state index is 0.868. The number of hydrogen-bond acceptors (Lipinski definition) is 3. The molecule has 0 saturated carbocycles. The summed E-state index contributed by atoms with van der Waals surface area (Å²) in [7, 11) is 0. The molecule has 1 N–H and O–H groups in total. The molecule has 17 heavy (non-hydrogen) atoms. The maximum absolute atomic E-state index is 4.38. The molecular formula is C14H23N3. The lowest BCUT2D eigenvalue weighted by molar-refractivity contribution is 0.719. The van der Waals surface area contributed by atoms with Crippen molar-refractivity contribution in [2.45, 2.75) is 27.3 Å². The van der Waals surface area contributed by atoms with Crippen molar-refractivity contribution < 1.29 is 0 Å². The van der Waals surface area contributed by atoms with Gasteiger partial charge in [-0.15, -0.1) is 6.58 Å². The zero-order valence-corrected chi connectivity index (χ0v) is 11.2. The first-order valence-electron chi connectivity index (χ1n) is 6.25. The predicted octanol–water partition coefficient (Wildman–Crippen LogP) is 2.51. The Morgan fingerprint density at radius 2 is 2.24 bits per heavy atom. The minimum Gasteiger partial charge on any atom is -0.368 e. The number of aromatic nitrogens is 1. The molecule has 0 saturated heterocycles. The molecule has 0 amide bonds. The Balaban J connectivity index is 2.99. The van der Waals surface area contributed by atoms with E-state index in [0.29, 0.717) is 0 Å². The van der Waals surface area contributed by atoms with Crippen molar-refractivity contribution in [3.05, 3.63) is 36.2 Å². The highest BCUT2D eigenvalue weighted by Crippen LogP contribution is 2.20. The second-order valence-corrected chi connectivity index (χ2v) is 4.06. The van der Waals surface area contributed by atoms with Crippen LogP contribution in [-0.2, 0) is 6.54 Å². The fourth-order valence-electron chi connectivity index (χ4n) is 1.82. The summed E-state index contributed by atoms with van der Waals surface area (Å²) in [5, 5.41) is 3.35. The van der Waals surface area contributed by atoms with Gasteiger partial charge in [0.2, 0.25) is 0 Å². The number of nitrogens with zero attached hydrogens (tertiary/aromatic N) is 2. The van der Waals surface area contributed by atoms with Crippen molar-refractivity contribution in [2.75, 3.05) is 24.5 Å². The van der Waals surface area contributed by atoms with E-state index in [2.05, 4.69) is 41.7 Å². The zero-order chi connectivity index (χ0) is 12.7. The van der Waals surface area contributed by atoms with Crippen LogP contribution >= 0.6 is 0 Å². The molecule has 0 bridgehead atoms. The van der Waals surface area contributed by atoms with E-state index >= 15 is 0 Å². The maximum Gasteiger partial charge on any atom is 0.0448 e. The van der Waals surface area contributed by atoms with Crippen LogP contribution in [0, 0.1) is 6.92 Å². The highest BCUT2D eigenvalue weighted by Gasteiger charge is 2.09. The molecule has 0 unspecified atom stereocenters. The molecule has 1 aromatic rings. The quantitative estimate of drug-likeness (QED) is 0.733. The highest BCUT2D eigenvalue weighted by atomic mass is 15.1. The summed E-state index contributed by atoms with van der Waals surface area (Å²) in [4.78, 5) is 6.69. The summed E-state index contributed by atoms with van der Waals surface area (Å²) in [6, 6.07) is 2.15. The third kappa shape index (κ3) is 3.86. The number of nitrogens with one attached hydrogen (secondary N) is 1. The smallest absolute Gasteiger partial charge is 0.0448 e. The normalized spacial score (nSPS) is 10.3. The molecule has 0 atom stereocenters. The van der Waals surface area contributed by atoms with Crippen molar-refractivity contribution in [1.29, 1.82) is 0 Å². The minimum atomic E-state index is 0.868. The molecule has 0 spiro atoms. The molecule has 3 nitrogen and oxygen atoms in total. The third-order valence-electron chi connectivity index (χ3n) is 2.74. The number of anilines is 1. The van der Waals surface area contributed by atoms with Gasteiger partial charge in [0.1, 0.15) is 0 Å². The molecule has 0 aromatic carbocycles. The summed E-state index contributed by atoms with van der Waals surface area (Å²) >= 11 is 0. The highest BCUT2D eigenvalue weighted by molar-refractivity contribution is 5.54. The number of likely N-dealkylation sites (N-methyl/N-ethyl adjacent to an activating group) is 1. The average molecular weight is 233 g/mol. The van der Waals surface area contributed by atoms with Crippen LogP contribution < -0.4 is 10.2 Å². The molecule has 3 heteroatoms. The molecule has 1 aromatic heterocycles. The fourth-order valence-corrected chi connectivity index (χ4v) is 1.82. The summed E-state index contributed by atoms with van der Waals surface area (Å²) < 4.78 is 0. The molecule has 0 aliphatic carbocycles. The largest absolute Gasteiger partial charge is 0.368 e. The molecule has 1 heterocycles. The van der Waals surface area contributed by atoms with Crippen LogP contribution in [0.15, 0.2) is 24.9 Å². The van der Waals surface area contributed by atoms with Gasteiger partial charge in [-0.25, -0.2) is 0 Å². The predicted molar refractivity (Wildman–Crippen MR) is 74.4 cm³/mol. The lowest BCUT2D eigenvalue weighted by Gasteiger charge is -2.24. The van der Waals surface area contributed by atoms with Crippen molar-refractivity contribution in [2.24, 2.45) is 0 Å². The van der Waals surface area contributed by atoms with Gasteiger partial charge in [-0.05, 0) is 26.5 Å². The van der Waals surface area contributed by atoms with Crippen molar-refractivity contribution >= 4 is 5.69 Å². The maximum atomic E-state index is 4.38. The van der Waals surface area contributed by atoms with Crippen LogP contribution in [0.4, 0.5) is 5.69 Å². The van der Waals surface area contributed by atoms with Gasteiger partial charge in [0.15, 0.2) is 0 Å². The Kier molecular flexibility index (Phi) is 5.70. The van der Waals surface area contributed by atoms with Gasteiger partial charge in [0.05, 0.1) is 0 Å². The van der Waals surface area contributed by atoms with Crippen LogP contribution in [0.1, 0.15) is 25.1 Å². The molecule has 0 aliphatic rings. The van der Waals surface area contributed by atoms with Gasteiger partial charge in [0, 0.05) is 42.8 Å². The van der Waals surface area contributed by atoms with Crippen LogP contribution in [0.5, 0.6) is 0 Å². The molecule has 0 radical (unpaired) electrons. The number of rotatable bonds is 7. The van der Waals surface area contributed by atoms with Crippen LogP contribution in [-0.4, -0.2) is 24.6 Å². The second-order valence-electron chi connectivity index (χ2n) is 4.06. The summed E-state index contributed by atoms with van der Waals surface area (Å²) in [6.07, 6.45) is 3.91. The first kappa shape index (κ1) is 13.7. The van der Waals surface area contributed by atoms with E-state index < -0.39 is 0 Å². The molecule has 1 rings (SSSR count). The van der Waals surface area contributed by atoms with Gasteiger partial charge < -0.3 is 10.2 Å². The number of hydrogen-bond donors (Lipinski definition) is 1. The number of aryl methyl sites for hydroxylation is 1. The number of pyridine rings is 1. The van der Waals surface area contributed by atoms with Crippen molar-refractivity contribution in [1.82, 2.24) is 10.3 Å². The van der Waals surface area contributed by atoms with Gasteiger partial charge in [-0.3, -0.25) is 4.98 Å². The molecule has 0 aliphatic heterocycles. The van der Waals surface area contributed by atoms with E-state index in [-0.39, 0.29) is 0 Å². The lowest BCUT2D eigenvalue weighted by Crippen LogP contribution is -2.25. The summed E-state index contributed by atoms with van der Waals surface area (Å²) in [6.45, 7) is 13.8. The first-order valence-corrected chi connectivity index (χ1v) is 6.25. The Bertz CT molecular complexity index is 360. The molecule has 94 valence electrons.